The second-order valence-corrected chi connectivity index (χ2v) is 5.10. The highest BCUT2D eigenvalue weighted by Crippen LogP contribution is 2.20. The fourth-order valence-corrected chi connectivity index (χ4v) is 1.03. The molecule has 0 heterocycles. The molecule has 0 aliphatic heterocycles. The summed E-state index contributed by atoms with van der Waals surface area (Å²) in [4.78, 5) is 0. The van der Waals surface area contributed by atoms with Crippen molar-refractivity contribution in [1.29, 1.82) is 0 Å². The van der Waals surface area contributed by atoms with Gasteiger partial charge in [0.15, 0.2) is 0 Å². The van der Waals surface area contributed by atoms with Gasteiger partial charge in [-0.05, 0) is 0 Å². The minimum Gasteiger partial charge on any atom is -0.279 e. The molecule has 17 heavy (non-hydrogen) atoms. The maximum Gasteiger partial charge on any atom is 0.522 e. The third-order valence-electron chi connectivity index (χ3n) is 2.00. The molecule has 0 unspecified atom stereocenters. The van der Waals surface area contributed by atoms with Gasteiger partial charge in [-0.3, -0.25) is 4.55 Å². The van der Waals surface area contributed by atoms with Crippen LogP contribution in [0.3, 0.4) is 0 Å². The molecular weight excluding hydrogens is 256 g/mol. The first-order valence-electron chi connectivity index (χ1n) is 5.70. The molecule has 8 heteroatoms. The van der Waals surface area contributed by atoms with Crippen molar-refractivity contribution in [3.05, 3.63) is 0 Å². The van der Waals surface area contributed by atoms with Gasteiger partial charge in [0.25, 0.3) is 0 Å². The predicted molar refractivity (Wildman–Crippen MR) is 64.2 cm³/mol. The Balaban J connectivity index is 0. The highest BCUT2D eigenvalue weighted by molar-refractivity contribution is 7.86. The van der Waals surface area contributed by atoms with Crippen LogP contribution >= 0.6 is 0 Å². The van der Waals surface area contributed by atoms with Gasteiger partial charge in [-0.25, -0.2) is 0 Å². The van der Waals surface area contributed by atoms with Crippen LogP contribution in [0.2, 0.25) is 12.6 Å². The summed E-state index contributed by atoms with van der Waals surface area (Å²) in [6.45, 7) is 4.53. The zero-order valence-electron chi connectivity index (χ0n) is 10.3. The van der Waals surface area contributed by atoms with Crippen LogP contribution in [0, 0.1) is 0 Å². The average molecular weight is 276 g/mol. The molecule has 0 aromatic heterocycles. The lowest BCUT2D eigenvalue weighted by atomic mass is 9.68. The van der Waals surface area contributed by atoms with Gasteiger partial charge >= 0.3 is 15.6 Å². The van der Waals surface area contributed by atoms with Crippen LogP contribution in [0.5, 0.6) is 0 Å². The van der Waals surface area contributed by atoms with Crippen LogP contribution in [-0.4, -0.2) is 25.8 Å². The van der Waals surface area contributed by atoms with Crippen LogP contribution < -0.4 is 0 Å². The highest BCUT2D eigenvalue weighted by Gasteiger charge is 2.44. The van der Waals surface area contributed by atoms with Gasteiger partial charge in [0, 0.05) is 0 Å². The Labute approximate surface area is 102 Å². The quantitative estimate of drug-likeness (QED) is 0.350. The molecule has 0 fully saturated rings. The fourth-order valence-electron chi connectivity index (χ4n) is 1.03. The smallest absolute Gasteiger partial charge is 0.279 e. The molecule has 0 aromatic carbocycles. The lowest BCUT2D eigenvalue weighted by molar-refractivity contribution is -0.0510. The Kier molecular flexibility index (Phi) is 11.0. The summed E-state index contributed by atoms with van der Waals surface area (Å²) in [5.74, 6) is 0. The molecule has 0 saturated heterocycles. The number of hydrogen-bond donors (Lipinski definition) is 1. The summed E-state index contributed by atoms with van der Waals surface area (Å²) < 4.78 is 57.5. The van der Waals surface area contributed by atoms with E-state index < -0.39 is 15.6 Å². The minimum absolute atomic E-state index is 1.37. The summed E-state index contributed by atoms with van der Waals surface area (Å²) in [7, 11) is -4.38. The molecule has 0 bridgehead atoms. The Morgan fingerprint density at radius 3 is 1.53 bits per heavy atom. The summed E-state index contributed by atoms with van der Waals surface area (Å²) in [6.07, 6.45) is 8.51. The average Bonchev–Trinajstić information content (AvgIpc) is 2.15. The lowest BCUT2D eigenvalue weighted by Crippen LogP contribution is -2.21. The molecule has 0 amide bonds. The lowest BCUT2D eigenvalue weighted by Gasteiger charge is -1.97. The Morgan fingerprint density at radius 1 is 1.06 bits per heavy atom. The second-order valence-electron chi connectivity index (χ2n) is 3.69. The molecule has 3 nitrogen and oxygen atoms in total. The number of rotatable bonds is 6. The van der Waals surface area contributed by atoms with Crippen molar-refractivity contribution in [3.63, 3.8) is 0 Å². The van der Waals surface area contributed by atoms with E-state index in [0.717, 1.165) is 0 Å². The molecule has 1 N–H and O–H groups in total. The monoisotopic (exact) mass is 276 g/mol. The van der Waals surface area contributed by atoms with Gasteiger partial charge < -0.3 is 0 Å². The topological polar surface area (TPSA) is 54.4 Å². The van der Waals surface area contributed by atoms with Gasteiger partial charge in [-0.15, -0.1) is 0 Å². The van der Waals surface area contributed by atoms with Crippen molar-refractivity contribution in [1.82, 2.24) is 0 Å². The fraction of sp³-hybridized carbons (Fsp3) is 1.00. The van der Waals surface area contributed by atoms with E-state index in [-0.39, 0.29) is 0 Å². The van der Waals surface area contributed by atoms with E-state index in [1.54, 1.807) is 0 Å². The molecule has 0 radical (unpaired) electrons. The number of hydrogen-bond acceptors (Lipinski definition) is 2. The van der Waals surface area contributed by atoms with E-state index in [1.165, 1.54) is 45.6 Å². The van der Waals surface area contributed by atoms with Crippen LogP contribution in [0.25, 0.3) is 0 Å². The van der Waals surface area contributed by atoms with E-state index in [1.807, 2.05) is 0 Å². The van der Waals surface area contributed by atoms with Crippen molar-refractivity contribution < 1.29 is 26.1 Å². The molecule has 0 aliphatic carbocycles. The zero-order valence-corrected chi connectivity index (χ0v) is 11.1. The van der Waals surface area contributed by atoms with Gasteiger partial charge in [0.1, 0.15) is 7.28 Å². The maximum absolute atomic E-state index is 10.7. The zero-order chi connectivity index (χ0) is 13.9. The third kappa shape index (κ3) is 13.7. The summed E-state index contributed by atoms with van der Waals surface area (Å²) in [6, 6.07) is 0. The molecule has 0 saturated carbocycles. The van der Waals surface area contributed by atoms with Crippen LogP contribution in [0.4, 0.5) is 13.2 Å². The van der Waals surface area contributed by atoms with E-state index in [2.05, 4.69) is 13.8 Å². The van der Waals surface area contributed by atoms with Crippen LogP contribution in [0.1, 0.15) is 39.5 Å². The standard InChI is InChI=1S/C8H19B.CHF3O3S/c1-3-5-7-9-8-6-4-2;2-1(3,4)8(5,6)7/h9H,3-8H2,1-2H3;(H,5,6,7). The number of halogens is 3. The minimum atomic E-state index is -5.84. The highest BCUT2D eigenvalue weighted by atomic mass is 32.2. The SMILES string of the molecule is CCCCBCCCC.O=S(=O)(O)C(F)(F)F. The van der Waals surface area contributed by atoms with Crippen molar-refractivity contribution in [3.8, 4) is 0 Å². The molecule has 104 valence electrons. The molecule has 0 aromatic rings. The van der Waals surface area contributed by atoms with Gasteiger partial charge in [0.2, 0.25) is 0 Å². The Morgan fingerprint density at radius 2 is 1.35 bits per heavy atom. The first-order chi connectivity index (χ1) is 7.66. The van der Waals surface area contributed by atoms with E-state index >= 15 is 0 Å². The van der Waals surface area contributed by atoms with Crippen molar-refractivity contribution in [2.24, 2.45) is 0 Å². The van der Waals surface area contributed by atoms with Gasteiger partial charge in [0.05, 0.1) is 0 Å². The normalized spacial score (nSPS) is 11.6. The van der Waals surface area contributed by atoms with Gasteiger partial charge in [-0.1, -0.05) is 52.2 Å². The molecule has 0 aliphatic rings. The first kappa shape index (κ1) is 19.1. The Bertz CT molecular complexity index is 259. The van der Waals surface area contributed by atoms with Crippen LogP contribution in [-0.2, 0) is 10.1 Å². The van der Waals surface area contributed by atoms with Gasteiger partial charge in [-0.2, -0.15) is 21.6 Å². The van der Waals surface area contributed by atoms with Crippen molar-refractivity contribution >= 4 is 17.4 Å². The van der Waals surface area contributed by atoms with Crippen LogP contribution in [0.15, 0.2) is 0 Å². The number of unbranched alkanes of at least 4 members (excludes halogenated alkanes) is 2. The van der Waals surface area contributed by atoms with Crippen molar-refractivity contribution in [2.45, 2.75) is 57.7 Å². The summed E-state index contributed by atoms with van der Waals surface area (Å²) in [5.41, 5.74) is -5.53. The van der Waals surface area contributed by atoms with E-state index in [9.17, 15) is 13.2 Å². The third-order valence-corrected chi connectivity index (χ3v) is 2.58. The van der Waals surface area contributed by atoms with E-state index in [0.29, 0.717) is 0 Å². The summed E-state index contributed by atoms with van der Waals surface area (Å²) in [5, 5.41) is 0. The molecule has 0 spiro atoms. The maximum atomic E-state index is 10.7. The van der Waals surface area contributed by atoms with Crippen molar-refractivity contribution in [2.75, 3.05) is 0 Å². The Hall–Kier alpha value is -0.235. The molecular formula is C9H20BF3O3S. The predicted octanol–water partition coefficient (Wildman–Crippen LogP) is 3.25. The second kappa shape index (κ2) is 9.76. The number of alkyl halides is 3. The first-order valence-corrected chi connectivity index (χ1v) is 7.14. The van der Waals surface area contributed by atoms with E-state index in [4.69, 9.17) is 13.0 Å². The molecule has 0 atom stereocenters. The molecule has 0 rings (SSSR count). The largest absolute Gasteiger partial charge is 0.522 e. The summed E-state index contributed by atoms with van der Waals surface area (Å²) >= 11 is 0.